The van der Waals surface area contributed by atoms with E-state index in [4.69, 9.17) is 9.15 Å². The zero-order valence-corrected chi connectivity index (χ0v) is 15.3. The second-order valence-electron chi connectivity index (χ2n) is 6.24. The van der Waals surface area contributed by atoms with Crippen LogP contribution in [0, 0.1) is 0 Å². The van der Waals surface area contributed by atoms with Crippen LogP contribution in [-0.4, -0.2) is 65.9 Å². The molecule has 1 aliphatic heterocycles. The molecule has 0 atom stereocenters. The number of carbonyl (C=O) groups excluding carboxylic acids is 1. The van der Waals surface area contributed by atoms with Crippen molar-refractivity contribution in [2.75, 3.05) is 44.8 Å². The highest BCUT2D eigenvalue weighted by molar-refractivity contribution is 5.77. The van der Waals surface area contributed by atoms with Crippen molar-refractivity contribution in [3.63, 3.8) is 0 Å². The summed E-state index contributed by atoms with van der Waals surface area (Å²) in [5.74, 6) is 2.10. The van der Waals surface area contributed by atoms with E-state index in [0.29, 0.717) is 37.9 Å². The molecule has 1 fully saturated rings. The highest BCUT2D eigenvalue weighted by atomic mass is 16.5. The summed E-state index contributed by atoms with van der Waals surface area (Å²) in [6, 6.07) is 3.81. The van der Waals surface area contributed by atoms with Crippen LogP contribution in [0.1, 0.15) is 25.7 Å². The molecule has 3 heterocycles. The molecule has 1 saturated heterocycles. The van der Waals surface area contributed by atoms with Crippen molar-refractivity contribution in [2.24, 2.45) is 0 Å². The Labute approximate surface area is 153 Å². The Bertz CT molecular complexity index is 725. The fourth-order valence-electron chi connectivity index (χ4n) is 3.01. The SMILES string of the molecule is CCCc1nnc(-c2cccnc2N2CCN(C(=O)CCOC)CC2)o1. The number of hydrogen-bond acceptors (Lipinski definition) is 7. The lowest BCUT2D eigenvalue weighted by molar-refractivity contribution is -0.132. The van der Waals surface area contributed by atoms with Crippen molar-refractivity contribution < 1.29 is 13.9 Å². The largest absolute Gasteiger partial charge is 0.421 e. The molecule has 0 radical (unpaired) electrons. The Hall–Kier alpha value is -2.48. The van der Waals surface area contributed by atoms with Crippen molar-refractivity contribution in [3.8, 4) is 11.5 Å². The van der Waals surface area contributed by atoms with Crippen LogP contribution >= 0.6 is 0 Å². The van der Waals surface area contributed by atoms with Gasteiger partial charge in [-0.1, -0.05) is 6.92 Å². The maximum absolute atomic E-state index is 12.1. The average Bonchev–Trinajstić information content (AvgIpc) is 3.15. The van der Waals surface area contributed by atoms with E-state index in [1.165, 1.54) is 0 Å². The van der Waals surface area contributed by atoms with Gasteiger partial charge in [-0.25, -0.2) is 4.98 Å². The normalized spacial score (nSPS) is 14.7. The Kier molecular flexibility index (Phi) is 6.17. The monoisotopic (exact) mass is 359 g/mol. The molecule has 0 N–H and O–H groups in total. The third kappa shape index (κ3) is 4.19. The number of piperazine rings is 1. The van der Waals surface area contributed by atoms with Gasteiger partial charge in [0.05, 0.1) is 18.6 Å². The number of aryl methyl sites for hydroxylation is 1. The first-order valence-electron chi connectivity index (χ1n) is 9.02. The molecule has 1 aliphatic rings. The lowest BCUT2D eigenvalue weighted by Gasteiger charge is -2.36. The summed E-state index contributed by atoms with van der Waals surface area (Å²) in [5, 5.41) is 8.28. The first kappa shape index (κ1) is 18.3. The van der Waals surface area contributed by atoms with Crippen molar-refractivity contribution >= 4 is 11.7 Å². The number of carbonyl (C=O) groups is 1. The molecule has 0 unspecified atom stereocenters. The van der Waals surface area contributed by atoms with Gasteiger partial charge in [-0.2, -0.15) is 0 Å². The standard InChI is InChI=1S/C18H25N5O3/c1-3-5-15-20-21-18(26-15)14-6-4-8-19-17(14)23-11-9-22(10-12-23)16(24)7-13-25-2/h4,6,8H,3,5,7,9-13H2,1-2H3. The minimum atomic E-state index is 0.133. The van der Waals surface area contributed by atoms with Gasteiger partial charge < -0.3 is 19.0 Å². The van der Waals surface area contributed by atoms with E-state index in [0.717, 1.165) is 37.3 Å². The van der Waals surface area contributed by atoms with Crippen molar-refractivity contribution in [1.82, 2.24) is 20.1 Å². The summed E-state index contributed by atoms with van der Waals surface area (Å²) in [6.45, 7) is 5.32. The zero-order chi connectivity index (χ0) is 18.4. The summed E-state index contributed by atoms with van der Waals surface area (Å²) in [7, 11) is 1.61. The van der Waals surface area contributed by atoms with Crippen LogP contribution < -0.4 is 4.90 Å². The summed E-state index contributed by atoms with van der Waals surface area (Å²) in [4.78, 5) is 20.7. The number of hydrogen-bond donors (Lipinski definition) is 0. The number of methoxy groups -OCH3 is 1. The van der Waals surface area contributed by atoms with Gasteiger partial charge in [0.25, 0.3) is 5.89 Å². The van der Waals surface area contributed by atoms with Gasteiger partial charge in [0, 0.05) is 45.9 Å². The number of amides is 1. The Morgan fingerprint density at radius 3 is 2.81 bits per heavy atom. The Balaban J connectivity index is 1.70. The molecule has 2 aromatic heterocycles. The quantitative estimate of drug-likeness (QED) is 0.745. The lowest BCUT2D eigenvalue weighted by atomic mass is 10.2. The minimum absolute atomic E-state index is 0.133. The van der Waals surface area contributed by atoms with Gasteiger partial charge in [0.1, 0.15) is 5.82 Å². The van der Waals surface area contributed by atoms with E-state index >= 15 is 0 Å². The molecule has 2 aromatic rings. The maximum Gasteiger partial charge on any atom is 0.251 e. The fraction of sp³-hybridized carbons (Fsp3) is 0.556. The van der Waals surface area contributed by atoms with Crippen molar-refractivity contribution in [1.29, 1.82) is 0 Å². The molecule has 8 nitrogen and oxygen atoms in total. The summed E-state index contributed by atoms with van der Waals surface area (Å²) < 4.78 is 10.8. The molecule has 140 valence electrons. The smallest absolute Gasteiger partial charge is 0.251 e. The molecular formula is C18H25N5O3. The first-order chi connectivity index (χ1) is 12.7. The summed E-state index contributed by atoms with van der Waals surface area (Å²) >= 11 is 0. The number of aromatic nitrogens is 3. The number of anilines is 1. The molecule has 1 amide bonds. The van der Waals surface area contributed by atoms with Gasteiger partial charge in [-0.05, 0) is 18.6 Å². The molecular weight excluding hydrogens is 334 g/mol. The number of nitrogens with zero attached hydrogens (tertiary/aromatic N) is 5. The Morgan fingerprint density at radius 1 is 1.27 bits per heavy atom. The Morgan fingerprint density at radius 2 is 2.08 bits per heavy atom. The summed E-state index contributed by atoms with van der Waals surface area (Å²) in [6.07, 6.45) is 3.91. The van der Waals surface area contributed by atoms with E-state index in [2.05, 4.69) is 27.0 Å². The topological polar surface area (TPSA) is 84.6 Å². The molecule has 0 saturated carbocycles. The lowest BCUT2D eigenvalue weighted by Crippen LogP contribution is -2.49. The van der Waals surface area contributed by atoms with Gasteiger partial charge in [-0.3, -0.25) is 4.79 Å². The van der Waals surface area contributed by atoms with Gasteiger partial charge in [-0.15, -0.1) is 10.2 Å². The highest BCUT2D eigenvalue weighted by Gasteiger charge is 2.24. The van der Waals surface area contributed by atoms with Crippen LogP contribution in [-0.2, 0) is 16.0 Å². The van der Waals surface area contributed by atoms with Crippen LogP contribution in [0.3, 0.4) is 0 Å². The predicted octanol–water partition coefficient (Wildman–Crippen LogP) is 1.77. The number of rotatable bonds is 7. The van der Waals surface area contributed by atoms with Gasteiger partial charge in [0.15, 0.2) is 0 Å². The third-order valence-electron chi connectivity index (χ3n) is 4.40. The van der Waals surface area contributed by atoms with E-state index < -0.39 is 0 Å². The molecule has 0 bridgehead atoms. The third-order valence-corrected chi connectivity index (χ3v) is 4.40. The fourth-order valence-corrected chi connectivity index (χ4v) is 3.01. The number of ether oxygens (including phenoxy) is 1. The van der Waals surface area contributed by atoms with Crippen LogP contribution in [0.15, 0.2) is 22.7 Å². The van der Waals surface area contributed by atoms with E-state index in [1.807, 2.05) is 17.0 Å². The summed E-state index contributed by atoms with van der Waals surface area (Å²) in [5.41, 5.74) is 0.835. The molecule has 0 aliphatic carbocycles. The van der Waals surface area contributed by atoms with Crippen LogP contribution in [0.2, 0.25) is 0 Å². The second-order valence-corrected chi connectivity index (χ2v) is 6.24. The average molecular weight is 359 g/mol. The first-order valence-corrected chi connectivity index (χ1v) is 9.02. The van der Waals surface area contributed by atoms with Crippen LogP contribution in [0.4, 0.5) is 5.82 Å². The van der Waals surface area contributed by atoms with Gasteiger partial charge in [0.2, 0.25) is 11.8 Å². The minimum Gasteiger partial charge on any atom is -0.421 e. The van der Waals surface area contributed by atoms with Crippen LogP contribution in [0.5, 0.6) is 0 Å². The van der Waals surface area contributed by atoms with Crippen molar-refractivity contribution in [3.05, 3.63) is 24.2 Å². The zero-order valence-electron chi connectivity index (χ0n) is 15.3. The highest BCUT2D eigenvalue weighted by Crippen LogP contribution is 2.28. The van der Waals surface area contributed by atoms with Crippen LogP contribution in [0.25, 0.3) is 11.5 Å². The van der Waals surface area contributed by atoms with Gasteiger partial charge >= 0.3 is 0 Å². The molecule has 8 heteroatoms. The number of pyridine rings is 1. The molecule has 0 spiro atoms. The second kappa shape index (κ2) is 8.75. The molecule has 26 heavy (non-hydrogen) atoms. The molecule has 3 rings (SSSR count). The van der Waals surface area contributed by atoms with E-state index in [1.54, 1.807) is 13.3 Å². The van der Waals surface area contributed by atoms with E-state index in [-0.39, 0.29) is 5.91 Å². The van der Waals surface area contributed by atoms with Crippen molar-refractivity contribution in [2.45, 2.75) is 26.2 Å². The molecule has 0 aromatic carbocycles. The maximum atomic E-state index is 12.1. The van der Waals surface area contributed by atoms with E-state index in [9.17, 15) is 4.79 Å². The predicted molar refractivity (Wildman–Crippen MR) is 96.8 cm³/mol.